The van der Waals surface area contributed by atoms with Gasteiger partial charge >= 0.3 is 0 Å². The van der Waals surface area contributed by atoms with Gasteiger partial charge in [-0.3, -0.25) is 9.59 Å². The molecular weight excluding hydrogens is 402 g/mol. The zero-order chi connectivity index (χ0) is 22.7. The molecule has 166 valence electrons. The van der Waals surface area contributed by atoms with E-state index in [1.165, 1.54) is 12.0 Å². The molecule has 1 aliphatic rings. The van der Waals surface area contributed by atoms with Gasteiger partial charge in [-0.05, 0) is 49.8 Å². The van der Waals surface area contributed by atoms with Crippen LogP contribution in [0.25, 0.3) is 11.1 Å². The van der Waals surface area contributed by atoms with Crippen molar-refractivity contribution in [2.24, 2.45) is 5.41 Å². The van der Waals surface area contributed by atoms with E-state index in [1.807, 2.05) is 6.07 Å². The highest BCUT2D eigenvalue weighted by Crippen LogP contribution is 2.36. The zero-order valence-corrected chi connectivity index (χ0v) is 18.9. The lowest BCUT2D eigenvalue weighted by Crippen LogP contribution is -2.54. The molecule has 6 nitrogen and oxygen atoms in total. The van der Waals surface area contributed by atoms with Crippen LogP contribution in [0.15, 0.2) is 59.3 Å². The summed E-state index contributed by atoms with van der Waals surface area (Å²) >= 11 is 0. The Kier molecular flexibility index (Phi) is 6.12. The number of carbonyl (C=O) groups is 2. The van der Waals surface area contributed by atoms with Gasteiger partial charge in [0.25, 0.3) is 5.91 Å². The summed E-state index contributed by atoms with van der Waals surface area (Å²) in [7, 11) is 1.66. The first-order chi connectivity index (χ1) is 15.4. The molecule has 1 unspecified atom stereocenters. The van der Waals surface area contributed by atoms with Crippen LogP contribution in [0.1, 0.15) is 40.2 Å². The van der Waals surface area contributed by atoms with Crippen LogP contribution in [0.5, 0.6) is 0 Å². The summed E-state index contributed by atoms with van der Waals surface area (Å²) in [5.41, 5.74) is 4.44. The van der Waals surface area contributed by atoms with E-state index in [1.54, 1.807) is 18.9 Å². The van der Waals surface area contributed by atoms with Gasteiger partial charge in [-0.25, -0.2) is 4.98 Å². The maximum Gasteiger partial charge on any atom is 0.291 e. The summed E-state index contributed by atoms with van der Waals surface area (Å²) in [6.45, 7) is 4.78. The molecule has 0 aliphatic carbocycles. The molecule has 0 saturated carbocycles. The molecule has 2 heterocycles. The third-order valence-electron chi connectivity index (χ3n) is 6.33. The van der Waals surface area contributed by atoms with E-state index in [0.29, 0.717) is 25.2 Å². The number of likely N-dealkylation sites (tertiary alicyclic amines) is 1. The molecule has 0 bridgehead atoms. The second kappa shape index (κ2) is 8.99. The maximum absolute atomic E-state index is 13.1. The minimum absolute atomic E-state index is 0.0368. The summed E-state index contributed by atoms with van der Waals surface area (Å²) in [4.78, 5) is 32.0. The normalized spacial score (nSPS) is 18.4. The van der Waals surface area contributed by atoms with E-state index >= 15 is 0 Å². The van der Waals surface area contributed by atoms with Gasteiger partial charge in [-0.1, -0.05) is 54.1 Å². The van der Waals surface area contributed by atoms with E-state index in [4.69, 9.17) is 4.42 Å². The lowest BCUT2D eigenvalue weighted by molar-refractivity contribution is -0.133. The number of nitrogens with zero attached hydrogens (tertiary/aromatic N) is 2. The predicted octanol–water partition coefficient (Wildman–Crippen LogP) is 4.17. The largest absolute Gasteiger partial charge is 0.438 e. The molecule has 1 N–H and O–H groups in total. The molecule has 1 atom stereocenters. The van der Waals surface area contributed by atoms with Gasteiger partial charge in [0.1, 0.15) is 0 Å². The summed E-state index contributed by atoms with van der Waals surface area (Å²) in [5, 5.41) is 2.84. The molecule has 1 aliphatic heterocycles. The van der Waals surface area contributed by atoms with E-state index in [2.05, 4.69) is 59.7 Å². The van der Waals surface area contributed by atoms with Gasteiger partial charge in [0.15, 0.2) is 6.39 Å². The number of oxazole rings is 1. The van der Waals surface area contributed by atoms with Crippen molar-refractivity contribution < 1.29 is 14.0 Å². The lowest BCUT2D eigenvalue weighted by atomic mass is 9.74. The standard InChI is InChI=1S/C26H29N3O3/c1-18-7-4-9-21(13-18)22-10-5-8-20(14-22)15-26(25(31)27-3)11-6-12-29(16-26)24(30)23-19(2)28-17-32-23/h4-5,7-10,13-14,17H,6,11-12,15-16H2,1-3H3,(H,27,31). The van der Waals surface area contributed by atoms with Crippen LogP contribution in [0, 0.1) is 19.3 Å². The van der Waals surface area contributed by atoms with Crippen molar-refractivity contribution in [2.45, 2.75) is 33.1 Å². The topological polar surface area (TPSA) is 75.4 Å². The van der Waals surface area contributed by atoms with Crippen molar-refractivity contribution >= 4 is 11.8 Å². The Morgan fingerprint density at radius 3 is 2.56 bits per heavy atom. The van der Waals surface area contributed by atoms with E-state index < -0.39 is 5.41 Å². The Hall–Kier alpha value is -3.41. The molecule has 32 heavy (non-hydrogen) atoms. The molecular formula is C26H29N3O3. The number of aromatic nitrogens is 1. The highest BCUT2D eigenvalue weighted by atomic mass is 16.3. The van der Waals surface area contributed by atoms with Crippen molar-refractivity contribution in [1.29, 1.82) is 0 Å². The molecule has 2 amide bonds. The summed E-state index contributed by atoms with van der Waals surface area (Å²) in [6, 6.07) is 16.7. The second-order valence-corrected chi connectivity index (χ2v) is 8.70. The highest BCUT2D eigenvalue weighted by Gasteiger charge is 2.43. The van der Waals surface area contributed by atoms with Crippen molar-refractivity contribution in [3.8, 4) is 11.1 Å². The number of hydrogen-bond acceptors (Lipinski definition) is 4. The Bertz CT molecular complexity index is 1140. The average Bonchev–Trinajstić information content (AvgIpc) is 3.24. The molecule has 4 rings (SSSR count). The van der Waals surface area contributed by atoms with E-state index in [-0.39, 0.29) is 17.6 Å². The fraction of sp³-hybridized carbons (Fsp3) is 0.346. The highest BCUT2D eigenvalue weighted by molar-refractivity contribution is 5.93. The zero-order valence-electron chi connectivity index (χ0n) is 18.9. The molecule has 2 aromatic carbocycles. The number of benzene rings is 2. The van der Waals surface area contributed by atoms with Crippen LogP contribution in [-0.4, -0.2) is 41.8 Å². The molecule has 0 radical (unpaired) electrons. The van der Waals surface area contributed by atoms with Crippen LogP contribution in [0.3, 0.4) is 0 Å². The third kappa shape index (κ3) is 4.31. The first-order valence-electron chi connectivity index (χ1n) is 11.0. The molecule has 1 saturated heterocycles. The SMILES string of the molecule is CNC(=O)C1(Cc2cccc(-c3cccc(C)c3)c2)CCCN(C(=O)c2ocnc2C)C1. The van der Waals surface area contributed by atoms with E-state index in [9.17, 15) is 9.59 Å². The van der Waals surface area contributed by atoms with Crippen molar-refractivity contribution in [1.82, 2.24) is 15.2 Å². The Morgan fingerprint density at radius 2 is 1.88 bits per heavy atom. The van der Waals surface area contributed by atoms with Crippen molar-refractivity contribution in [3.63, 3.8) is 0 Å². The fourth-order valence-corrected chi connectivity index (χ4v) is 4.71. The molecule has 1 fully saturated rings. The van der Waals surface area contributed by atoms with Crippen LogP contribution in [0.2, 0.25) is 0 Å². The maximum atomic E-state index is 13.1. The van der Waals surface area contributed by atoms with Gasteiger partial charge in [-0.15, -0.1) is 0 Å². The van der Waals surface area contributed by atoms with Gasteiger partial charge in [-0.2, -0.15) is 0 Å². The Balaban J connectivity index is 1.63. The summed E-state index contributed by atoms with van der Waals surface area (Å²) < 4.78 is 5.32. The first-order valence-corrected chi connectivity index (χ1v) is 11.0. The molecule has 3 aromatic rings. The number of carbonyl (C=O) groups excluding carboxylic acids is 2. The number of aryl methyl sites for hydroxylation is 2. The second-order valence-electron chi connectivity index (χ2n) is 8.70. The summed E-state index contributed by atoms with van der Waals surface area (Å²) in [5.74, 6) is 0.00546. The van der Waals surface area contributed by atoms with Gasteiger partial charge in [0, 0.05) is 20.1 Å². The van der Waals surface area contributed by atoms with Crippen LogP contribution >= 0.6 is 0 Å². The monoisotopic (exact) mass is 431 g/mol. The van der Waals surface area contributed by atoms with Crippen LogP contribution < -0.4 is 5.32 Å². The fourth-order valence-electron chi connectivity index (χ4n) is 4.71. The quantitative estimate of drug-likeness (QED) is 0.658. The van der Waals surface area contributed by atoms with Gasteiger partial charge in [0.05, 0.1) is 11.1 Å². The Labute approximate surface area is 188 Å². The van der Waals surface area contributed by atoms with Gasteiger partial charge in [0.2, 0.25) is 11.7 Å². The minimum atomic E-state index is -0.693. The first kappa shape index (κ1) is 21.8. The number of amides is 2. The number of hydrogen-bond donors (Lipinski definition) is 1. The van der Waals surface area contributed by atoms with Crippen LogP contribution in [-0.2, 0) is 11.2 Å². The Morgan fingerprint density at radius 1 is 1.12 bits per heavy atom. The minimum Gasteiger partial charge on any atom is -0.438 e. The van der Waals surface area contributed by atoms with Crippen LogP contribution in [0.4, 0.5) is 0 Å². The smallest absolute Gasteiger partial charge is 0.291 e. The van der Waals surface area contributed by atoms with Crippen molar-refractivity contribution in [3.05, 3.63) is 77.5 Å². The average molecular weight is 432 g/mol. The number of rotatable bonds is 5. The molecule has 0 spiro atoms. The summed E-state index contributed by atoms with van der Waals surface area (Å²) in [6.07, 6.45) is 3.32. The number of nitrogens with one attached hydrogen (secondary N) is 1. The van der Waals surface area contributed by atoms with Crippen molar-refractivity contribution in [2.75, 3.05) is 20.1 Å². The van der Waals surface area contributed by atoms with E-state index in [0.717, 1.165) is 29.5 Å². The molecule has 1 aromatic heterocycles. The number of piperidine rings is 1. The molecule has 6 heteroatoms. The predicted molar refractivity (Wildman–Crippen MR) is 123 cm³/mol. The third-order valence-corrected chi connectivity index (χ3v) is 6.33. The van der Waals surface area contributed by atoms with Gasteiger partial charge < -0.3 is 14.6 Å². The lowest BCUT2D eigenvalue weighted by Gasteiger charge is -2.41.